The van der Waals surface area contributed by atoms with Crippen molar-refractivity contribution in [3.8, 4) is 0 Å². The molecule has 0 spiro atoms. The van der Waals surface area contributed by atoms with E-state index >= 15 is 0 Å². The molecule has 8 heteroatoms. The number of aromatic nitrogens is 3. The third-order valence-corrected chi connectivity index (χ3v) is 5.50. The Bertz CT molecular complexity index is 889. The van der Waals surface area contributed by atoms with Crippen LogP contribution in [0.25, 0.3) is 6.08 Å². The molecule has 1 amide bonds. The third kappa shape index (κ3) is 5.03. The summed E-state index contributed by atoms with van der Waals surface area (Å²) in [5.41, 5.74) is 1.01. The minimum Gasteiger partial charge on any atom is -0.345 e. The number of nitrogens with one attached hydrogen (secondary N) is 1. The van der Waals surface area contributed by atoms with Gasteiger partial charge in [-0.2, -0.15) is 0 Å². The highest BCUT2D eigenvalue weighted by atomic mass is 32.2. The second-order valence-corrected chi connectivity index (χ2v) is 7.36. The molecule has 2 aromatic heterocycles. The summed E-state index contributed by atoms with van der Waals surface area (Å²) in [6.07, 6.45) is 3.28. The second-order valence-electron chi connectivity index (χ2n) is 5.44. The van der Waals surface area contributed by atoms with Crippen molar-refractivity contribution in [1.82, 2.24) is 20.1 Å². The molecule has 2 heterocycles. The van der Waals surface area contributed by atoms with Gasteiger partial charge in [0.1, 0.15) is 5.82 Å². The second kappa shape index (κ2) is 8.77. The summed E-state index contributed by atoms with van der Waals surface area (Å²) in [7, 11) is 1.86. The average Bonchev–Trinajstić information content (AvgIpc) is 3.28. The zero-order chi connectivity index (χ0) is 18.4. The van der Waals surface area contributed by atoms with Gasteiger partial charge in [0, 0.05) is 23.8 Å². The van der Waals surface area contributed by atoms with Gasteiger partial charge >= 0.3 is 0 Å². The van der Waals surface area contributed by atoms with Gasteiger partial charge in [0.05, 0.1) is 6.54 Å². The molecular formula is C18H17FN4OS2. The predicted molar refractivity (Wildman–Crippen MR) is 102 cm³/mol. The fourth-order valence-corrected chi connectivity index (χ4v) is 3.63. The van der Waals surface area contributed by atoms with E-state index in [9.17, 15) is 9.18 Å². The van der Waals surface area contributed by atoms with Crippen molar-refractivity contribution in [1.29, 1.82) is 0 Å². The van der Waals surface area contributed by atoms with Crippen LogP contribution in [0.1, 0.15) is 16.3 Å². The number of carbonyl (C=O) groups excluding carboxylic acids is 1. The normalized spacial score (nSPS) is 11.2. The quantitative estimate of drug-likeness (QED) is 0.496. The van der Waals surface area contributed by atoms with Crippen LogP contribution in [0.2, 0.25) is 0 Å². The first-order chi connectivity index (χ1) is 12.6. The van der Waals surface area contributed by atoms with E-state index < -0.39 is 0 Å². The van der Waals surface area contributed by atoms with Crippen molar-refractivity contribution < 1.29 is 9.18 Å². The Labute approximate surface area is 159 Å². The molecule has 0 radical (unpaired) electrons. The van der Waals surface area contributed by atoms with Crippen molar-refractivity contribution >= 4 is 35.1 Å². The first kappa shape index (κ1) is 18.3. The minimum absolute atomic E-state index is 0.179. The SMILES string of the molecule is Cn1c(CNC(=O)/C=C/c2cccs2)nnc1SCc1ccc(F)cc1. The monoisotopic (exact) mass is 388 g/mol. The summed E-state index contributed by atoms with van der Waals surface area (Å²) < 4.78 is 14.8. The molecule has 26 heavy (non-hydrogen) atoms. The van der Waals surface area contributed by atoms with Crippen molar-refractivity contribution in [2.24, 2.45) is 7.05 Å². The Morgan fingerprint density at radius 2 is 2.12 bits per heavy atom. The Kier molecular flexibility index (Phi) is 6.19. The van der Waals surface area contributed by atoms with Gasteiger partial charge in [-0.1, -0.05) is 30.0 Å². The van der Waals surface area contributed by atoms with Gasteiger partial charge in [-0.3, -0.25) is 4.79 Å². The number of hydrogen-bond acceptors (Lipinski definition) is 5. The van der Waals surface area contributed by atoms with E-state index in [2.05, 4.69) is 15.5 Å². The summed E-state index contributed by atoms with van der Waals surface area (Å²) >= 11 is 3.08. The van der Waals surface area contributed by atoms with Gasteiger partial charge in [-0.25, -0.2) is 4.39 Å². The van der Waals surface area contributed by atoms with Crippen LogP contribution in [0, 0.1) is 5.82 Å². The first-order valence-electron chi connectivity index (χ1n) is 7.87. The van der Waals surface area contributed by atoms with Crippen LogP contribution in [-0.2, 0) is 24.1 Å². The lowest BCUT2D eigenvalue weighted by atomic mass is 10.2. The van der Waals surface area contributed by atoms with Gasteiger partial charge in [0.25, 0.3) is 0 Å². The Morgan fingerprint density at radius 1 is 1.31 bits per heavy atom. The number of thioether (sulfide) groups is 1. The van der Waals surface area contributed by atoms with Gasteiger partial charge in [0.2, 0.25) is 5.91 Å². The predicted octanol–water partition coefficient (Wildman–Crippen LogP) is 3.64. The lowest BCUT2D eigenvalue weighted by Gasteiger charge is -2.04. The Hall–Kier alpha value is -2.45. The van der Waals surface area contributed by atoms with Gasteiger partial charge in [-0.15, -0.1) is 21.5 Å². The molecule has 0 saturated carbocycles. The molecule has 0 atom stereocenters. The Balaban J connectivity index is 1.51. The van der Waals surface area contributed by atoms with Crippen molar-refractivity contribution in [3.05, 3.63) is 69.9 Å². The lowest BCUT2D eigenvalue weighted by Crippen LogP contribution is -2.22. The maximum absolute atomic E-state index is 12.9. The molecule has 0 aliphatic rings. The standard InChI is InChI=1S/C18H17FN4OS2/c1-23-16(11-20-17(24)9-8-15-3-2-10-25-15)21-22-18(23)26-12-13-4-6-14(19)7-5-13/h2-10H,11-12H2,1H3,(H,20,24)/b9-8+. The smallest absolute Gasteiger partial charge is 0.244 e. The summed E-state index contributed by atoms with van der Waals surface area (Å²) in [6.45, 7) is 0.300. The Morgan fingerprint density at radius 3 is 2.85 bits per heavy atom. The molecule has 134 valence electrons. The molecule has 3 aromatic rings. The largest absolute Gasteiger partial charge is 0.345 e. The highest BCUT2D eigenvalue weighted by molar-refractivity contribution is 7.98. The number of halogens is 1. The van der Waals surface area contributed by atoms with E-state index in [1.165, 1.54) is 30.0 Å². The van der Waals surface area contributed by atoms with E-state index in [1.807, 2.05) is 29.1 Å². The van der Waals surface area contributed by atoms with Gasteiger partial charge in [-0.05, 0) is 35.2 Å². The average molecular weight is 388 g/mol. The van der Waals surface area contributed by atoms with E-state index in [0.29, 0.717) is 18.1 Å². The summed E-state index contributed by atoms with van der Waals surface area (Å²) in [5.74, 6) is 0.914. The summed E-state index contributed by atoms with van der Waals surface area (Å²) in [4.78, 5) is 12.9. The number of carbonyl (C=O) groups is 1. The maximum Gasteiger partial charge on any atom is 0.244 e. The summed E-state index contributed by atoms with van der Waals surface area (Å²) in [6, 6.07) is 10.3. The fraction of sp³-hybridized carbons (Fsp3) is 0.167. The highest BCUT2D eigenvalue weighted by Crippen LogP contribution is 2.21. The van der Waals surface area contributed by atoms with Gasteiger partial charge in [0.15, 0.2) is 11.0 Å². The minimum atomic E-state index is -0.247. The van der Waals surface area contributed by atoms with Crippen LogP contribution < -0.4 is 5.32 Å². The molecule has 3 rings (SSSR count). The molecule has 0 aliphatic carbocycles. The zero-order valence-corrected chi connectivity index (χ0v) is 15.7. The van der Waals surface area contributed by atoms with Crippen LogP contribution >= 0.6 is 23.1 Å². The van der Waals surface area contributed by atoms with E-state index in [1.54, 1.807) is 29.5 Å². The lowest BCUT2D eigenvalue weighted by molar-refractivity contribution is -0.116. The molecular weight excluding hydrogens is 371 g/mol. The number of nitrogens with zero attached hydrogens (tertiary/aromatic N) is 3. The van der Waals surface area contributed by atoms with Gasteiger partial charge < -0.3 is 9.88 Å². The molecule has 0 aliphatic heterocycles. The van der Waals surface area contributed by atoms with Crippen molar-refractivity contribution in [2.75, 3.05) is 0 Å². The number of benzene rings is 1. The molecule has 1 aromatic carbocycles. The molecule has 0 unspecified atom stereocenters. The molecule has 0 saturated heterocycles. The number of thiophene rings is 1. The van der Waals surface area contributed by atoms with E-state index in [0.717, 1.165) is 15.6 Å². The van der Waals surface area contributed by atoms with Crippen molar-refractivity contribution in [2.45, 2.75) is 17.5 Å². The van der Waals surface area contributed by atoms with Crippen molar-refractivity contribution in [3.63, 3.8) is 0 Å². The number of rotatable bonds is 7. The molecule has 0 bridgehead atoms. The fourth-order valence-electron chi connectivity index (χ4n) is 2.12. The third-order valence-electron chi connectivity index (χ3n) is 3.57. The number of hydrogen-bond donors (Lipinski definition) is 1. The topological polar surface area (TPSA) is 59.8 Å². The maximum atomic E-state index is 12.9. The van der Waals surface area contributed by atoms with Crippen LogP contribution in [0.5, 0.6) is 0 Å². The first-order valence-corrected chi connectivity index (χ1v) is 9.73. The van der Waals surface area contributed by atoms with Crippen LogP contribution in [0.4, 0.5) is 4.39 Å². The summed E-state index contributed by atoms with van der Waals surface area (Å²) in [5, 5.41) is 13.8. The van der Waals surface area contributed by atoms with E-state index in [4.69, 9.17) is 0 Å². The van der Waals surface area contributed by atoms with Crippen LogP contribution in [0.15, 0.2) is 53.0 Å². The molecule has 0 fully saturated rings. The highest BCUT2D eigenvalue weighted by Gasteiger charge is 2.10. The van der Waals surface area contributed by atoms with E-state index in [-0.39, 0.29) is 11.7 Å². The number of amides is 1. The van der Waals surface area contributed by atoms with Crippen LogP contribution in [-0.4, -0.2) is 20.7 Å². The van der Waals surface area contributed by atoms with Crippen LogP contribution in [0.3, 0.4) is 0 Å². The zero-order valence-electron chi connectivity index (χ0n) is 14.1. The molecule has 5 nitrogen and oxygen atoms in total. The molecule has 1 N–H and O–H groups in total.